The van der Waals surface area contributed by atoms with Gasteiger partial charge < -0.3 is 19.7 Å². The van der Waals surface area contributed by atoms with Gasteiger partial charge in [0.05, 0.1) is 0 Å². The van der Waals surface area contributed by atoms with Crippen LogP contribution in [0.5, 0.6) is 0 Å². The first-order valence-electron chi connectivity index (χ1n) is 6.76. The molecular weight excluding hydrogens is 216 g/mol. The van der Waals surface area contributed by atoms with Gasteiger partial charge in [-0.15, -0.1) is 0 Å². The molecule has 1 N–H and O–H groups in total. The molecule has 0 aromatic carbocycles. The Balaban J connectivity index is 2.24. The summed E-state index contributed by atoms with van der Waals surface area (Å²) in [7, 11) is 4.34. The number of nitrogens with zero attached hydrogens (tertiary/aromatic N) is 1. The Morgan fingerprint density at radius 1 is 1.18 bits per heavy atom. The van der Waals surface area contributed by atoms with E-state index in [0.29, 0.717) is 18.8 Å². The van der Waals surface area contributed by atoms with Gasteiger partial charge in [-0.2, -0.15) is 0 Å². The smallest absolute Gasteiger partial charge is 0.169 e. The predicted octanol–water partition coefficient (Wildman–Crippen LogP) is 1.46. The molecule has 0 unspecified atom stereocenters. The van der Waals surface area contributed by atoms with Gasteiger partial charge in [-0.25, -0.2) is 0 Å². The van der Waals surface area contributed by atoms with Gasteiger partial charge in [0.25, 0.3) is 0 Å². The van der Waals surface area contributed by atoms with Crippen molar-refractivity contribution < 1.29 is 9.47 Å². The molecule has 102 valence electrons. The van der Waals surface area contributed by atoms with E-state index in [1.54, 1.807) is 0 Å². The van der Waals surface area contributed by atoms with E-state index in [-0.39, 0.29) is 6.29 Å². The minimum absolute atomic E-state index is 0.107. The highest BCUT2D eigenvalue weighted by molar-refractivity contribution is 4.97. The van der Waals surface area contributed by atoms with Gasteiger partial charge in [-0.1, -0.05) is 0 Å². The Morgan fingerprint density at radius 3 is 2.12 bits per heavy atom. The van der Waals surface area contributed by atoms with Crippen LogP contribution in [-0.4, -0.2) is 57.1 Å². The van der Waals surface area contributed by atoms with Crippen molar-refractivity contribution in [1.29, 1.82) is 0 Å². The summed E-state index contributed by atoms with van der Waals surface area (Å²) in [6.07, 6.45) is 3.83. The molecule has 4 heteroatoms. The van der Waals surface area contributed by atoms with E-state index in [2.05, 4.69) is 24.3 Å². The van der Waals surface area contributed by atoms with E-state index in [1.165, 1.54) is 19.3 Å². The van der Waals surface area contributed by atoms with Crippen LogP contribution < -0.4 is 5.32 Å². The van der Waals surface area contributed by atoms with Gasteiger partial charge >= 0.3 is 0 Å². The fourth-order valence-corrected chi connectivity index (χ4v) is 2.33. The van der Waals surface area contributed by atoms with Crippen LogP contribution in [-0.2, 0) is 9.47 Å². The lowest BCUT2D eigenvalue weighted by Gasteiger charge is -2.47. The molecule has 0 aliphatic heterocycles. The van der Waals surface area contributed by atoms with E-state index in [1.807, 2.05) is 13.8 Å². The molecule has 0 heterocycles. The SMILES string of the molecule is CCOC(CNCC1(N(C)C)CCC1)OCC. The summed E-state index contributed by atoms with van der Waals surface area (Å²) in [5, 5.41) is 3.49. The molecule has 1 aliphatic carbocycles. The molecule has 1 fully saturated rings. The third-order valence-electron chi connectivity index (χ3n) is 3.70. The highest BCUT2D eigenvalue weighted by Crippen LogP contribution is 2.35. The minimum atomic E-state index is -0.107. The first-order chi connectivity index (χ1) is 8.14. The average molecular weight is 244 g/mol. The predicted molar refractivity (Wildman–Crippen MR) is 70.2 cm³/mol. The standard InChI is InChI=1S/C13H28N2O2/c1-5-16-12(17-6-2)10-14-11-13(15(3)4)8-7-9-13/h12,14H,5-11H2,1-4H3. The first kappa shape index (κ1) is 14.9. The largest absolute Gasteiger partial charge is 0.352 e. The highest BCUT2D eigenvalue weighted by atomic mass is 16.7. The van der Waals surface area contributed by atoms with E-state index in [4.69, 9.17) is 9.47 Å². The van der Waals surface area contributed by atoms with Crippen LogP contribution in [0.15, 0.2) is 0 Å². The number of nitrogens with one attached hydrogen (secondary N) is 1. The average Bonchev–Trinajstić information content (AvgIpc) is 2.21. The third-order valence-corrected chi connectivity index (χ3v) is 3.70. The number of hydrogen-bond donors (Lipinski definition) is 1. The maximum atomic E-state index is 5.51. The Bertz CT molecular complexity index is 200. The Hall–Kier alpha value is -0.160. The monoisotopic (exact) mass is 244 g/mol. The maximum absolute atomic E-state index is 5.51. The Kier molecular flexibility index (Phi) is 6.41. The van der Waals surface area contributed by atoms with Crippen molar-refractivity contribution in [3.63, 3.8) is 0 Å². The lowest BCUT2D eigenvalue weighted by atomic mass is 9.75. The molecule has 0 spiro atoms. The quantitative estimate of drug-likeness (QED) is 0.623. The zero-order chi connectivity index (χ0) is 12.7. The molecule has 0 radical (unpaired) electrons. The fraction of sp³-hybridized carbons (Fsp3) is 1.00. The molecule has 0 aromatic rings. The van der Waals surface area contributed by atoms with Crippen LogP contribution >= 0.6 is 0 Å². The van der Waals surface area contributed by atoms with Crippen LogP contribution in [0.2, 0.25) is 0 Å². The van der Waals surface area contributed by atoms with Gasteiger partial charge in [0.2, 0.25) is 0 Å². The molecule has 0 bridgehead atoms. The molecule has 1 saturated carbocycles. The van der Waals surface area contributed by atoms with Crippen LogP contribution in [0.25, 0.3) is 0 Å². The van der Waals surface area contributed by atoms with Gasteiger partial charge in [0.15, 0.2) is 6.29 Å². The van der Waals surface area contributed by atoms with Crippen molar-refractivity contribution in [2.75, 3.05) is 40.4 Å². The van der Waals surface area contributed by atoms with Crippen molar-refractivity contribution in [2.24, 2.45) is 0 Å². The molecule has 0 atom stereocenters. The summed E-state index contributed by atoms with van der Waals surface area (Å²) in [5.74, 6) is 0. The topological polar surface area (TPSA) is 33.7 Å². The van der Waals surface area contributed by atoms with E-state index < -0.39 is 0 Å². The number of rotatable bonds is 9. The summed E-state index contributed by atoms with van der Waals surface area (Å²) in [4.78, 5) is 2.35. The van der Waals surface area contributed by atoms with E-state index in [9.17, 15) is 0 Å². The normalized spacial score (nSPS) is 18.7. The molecule has 1 aliphatic rings. The summed E-state index contributed by atoms with van der Waals surface area (Å²) < 4.78 is 11.0. The van der Waals surface area contributed by atoms with Crippen molar-refractivity contribution in [1.82, 2.24) is 10.2 Å². The number of ether oxygens (including phenoxy) is 2. The number of hydrogen-bond acceptors (Lipinski definition) is 4. The third kappa shape index (κ3) is 4.21. The van der Waals surface area contributed by atoms with E-state index >= 15 is 0 Å². The van der Waals surface area contributed by atoms with Crippen molar-refractivity contribution >= 4 is 0 Å². The molecule has 0 amide bonds. The highest BCUT2D eigenvalue weighted by Gasteiger charge is 2.38. The van der Waals surface area contributed by atoms with E-state index in [0.717, 1.165) is 13.1 Å². The summed E-state index contributed by atoms with van der Waals surface area (Å²) >= 11 is 0. The van der Waals surface area contributed by atoms with Crippen LogP contribution in [0.1, 0.15) is 33.1 Å². The zero-order valence-corrected chi connectivity index (χ0v) is 11.8. The molecule has 1 rings (SSSR count). The van der Waals surface area contributed by atoms with Gasteiger partial charge in [0.1, 0.15) is 0 Å². The van der Waals surface area contributed by atoms with Crippen LogP contribution in [0.3, 0.4) is 0 Å². The summed E-state index contributed by atoms with van der Waals surface area (Å²) in [5.41, 5.74) is 0.364. The van der Waals surface area contributed by atoms with Crippen LogP contribution in [0, 0.1) is 0 Å². The second-order valence-electron chi connectivity index (χ2n) is 4.94. The van der Waals surface area contributed by atoms with Crippen LogP contribution in [0.4, 0.5) is 0 Å². The molecule has 0 aromatic heterocycles. The lowest BCUT2D eigenvalue weighted by molar-refractivity contribution is -0.134. The van der Waals surface area contributed by atoms with Crippen molar-refractivity contribution in [2.45, 2.75) is 44.9 Å². The number of likely N-dealkylation sites (N-methyl/N-ethyl adjacent to an activating group) is 1. The molecule has 0 saturated heterocycles. The molecule has 4 nitrogen and oxygen atoms in total. The second kappa shape index (κ2) is 7.31. The molecule has 17 heavy (non-hydrogen) atoms. The van der Waals surface area contributed by atoms with Gasteiger partial charge in [-0.05, 0) is 47.2 Å². The van der Waals surface area contributed by atoms with Crippen molar-refractivity contribution in [3.05, 3.63) is 0 Å². The van der Waals surface area contributed by atoms with Gasteiger partial charge in [-0.3, -0.25) is 0 Å². The Labute approximate surface area is 106 Å². The lowest BCUT2D eigenvalue weighted by Crippen LogP contribution is -2.57. The van der Waals surface area contributed by atoms with Crippen molar-refractivity contribution in [3.8, 4) is 0 Å². The minimum Gasteiger partial charge on any atom is -0.352 e. The first-order valence-corrected chi connectivity index (χ1v) is 6.76. The zero-order valence-electron chi connectivity index (χ0n) is 11.8. The summed E-state index contributed by atoms with van der Waals surface area (Å²) in [6, 6.07) is 0. The maximum Gasteiger partial charge on any atom is 0.169 e. The molecular formula is C13H28N2O2. The van der Waals surface area contributed by atoms with Gasteiger partial charge in [0, 0.05) is 31.8 Å². The summed E-state index contributed by atoms with van der Waals surface area (Å²) in [6.45, 7) is 7.20. The Morgan fingerprint density at radius 2 is 1.76 bits per heavy atom. The second-order valence-corrected chi connectivity index (χ2v) is 4.94. The fourth-order valence-electron chi connectivity index (χ4n) is 2.33.